The molecule has 5 aromatic rings. The van der Waals surface area contributed by atoms with Crippen LogP contribution in [0, 0.1) is 0 Å². The summed E-state index contributed by atoms with van der Waals surface area (Å²) < 4.78 is 18.0. The predicted molar refractivity (Wildman–Crippen MR) is 197 cm³/mol. The predicted octanol–water partition coefficient (Wildman–Crippen LogP) is 10.6. The highest BCUT2D eigenvalue weighted by atomic mass is 16.5. The summed E-state index contributed by atoms with van der Waals surface area (Å²) in [5.74, 6) is 1.97. The number of hydrogen-bond acceptors (Lipinski definition) is 4. The second kappa shape index (κ2) is 19.5. The molecule has 0 aliphatic heterocycles. The van der Waals surface area contributed by atoms with E-state index in [9.17, 15) is 4.79 Å². The molecule has 0 aliphatic rings. The number of hydrogen-bond donors (Lipinski definition) is 0. The van der Waals surface area contributed by atoms with Gasteiger partial charge in [0.15, 0.2) is 0 Å². The molecular weight excluding hydrogens is 592 g/mol. The van der Waals surface area contributed by atoms with Gasteiger partial charge in [-0.25, -0.2) is 0 Å². The van der Waals surface area contributed by atoms with Crippen molar-refractivity contribution in [3.8, 4) is 17.2 Å². The third kappa shape index (κ3) is 12.6. The molecule has 0 radical (unpaired) electrons. The van der Waals surface area contributed by atoms with Gasteiger partial charge in [-0.2, -0.15) is 0 Å². The molecule has 0 atom stereocenters. The molecule has 0 N–H and O–H groups in total. The molecule has 4 heteroatoms. The summed E-state index contributed by atoms with van der Waals surface area (Å²) in [5.41, 5.74) is 5.96. The summed E-state index contributed by atoms with van der Waals surface area (Å²) in [6.07, 6.45) is 12.3. The summed E-state index contributed by atoms with van der Waals surface area (Å²) in [7, 11) is 0. The van der Waals surface area contributed by atoms with Gasteiger partial charge in [-0.1, -0.05) is 115 Å². The monoisotopic (exact) mass is 638 g/mol. The number of unbranched alkanes of at least 4 members (excludes halogenated alkanes) is 2. The van der Waals surface area contributed by atoms with Crippen molar-refractivity contribution >= 4 is 18.1 Å². The van der Waals surface area contributed by atoms with Crippen molar-refractivity contribution in [1.29, 1.82) is 0 Å². The van der Waals surface area contributed by atoms with Crippen LogP contribution in [-0.4, -0.2) is 19.2 Å². The van der Waals surface area contributed by atoms with Gasteiger partial charge >= 0.3 is 5.97 Å². The van der Waals surface area contributed by atoms with E-state index >= 15 is 0 Å². The molecule has 0 unspecified atom stereocenters. The molecule has 48 heavy (non-hydrogen) atoms. The number of benzene rings is 5. The molecule has 0 heterocycles. The Morgan fingerprint density at radius 1 is 0.458 bits per heavy atom. The van der Waals surface area contributed by atoms with Gasteiger partial charge in [-0.15, -0.1) is 0 Å². The number of rotatable bonds is 19. The largest absolute Gasteiger partial charge is 0.493 e. The van der Waals surface area contributed by atoms with Crippen LogP contribution in [0.3, 0.4) is 0 Å². The molecule has 0 bridgehead atoms. The maximum absolute atomic E-state index is 12.4. The van der Waals surface area contributed by atoms with Gasteiger partial charge in [0.25, 0.3) is 0 Å². The first kappa shape index (κ1) is 34.3. The molecule has 0 spiro atoms. The molecule has 0 fully saturated rings. The topological polar surface area (TPSA) is 44.8 Å². The first-order valence-corrected chi connectivity index (χ1v) is 17.2. The Bertz CT molecular complexity index is 1590. The second-order valence-electron chi connectivity index (χ2n) is 12.0. The van der Waals surface area contributed by atoms with Crippen LogP contribution < -0.4 is 14.2 Å². The second-order valence-corrected chi connectivity index (χ2v) is 12.0. The van der Waals surface area contributed by atoms with Crippen molar-refractivity contribution in [2.45, 2.75) is 57.8 Å². The van der Waals surface area contributed by atoms with Gasteiger partial charge in [0.1, 0.15) is 17.2 Å². The molecule has 5 aromatic carbocycles. The Hall–Kier alpha value is -5.09. The minimum absolute atomic E-state index is 0.210. The zero-order chi connectivity index (χ0) is 33.1. The molecule has 0 saturated heterocycles. The van der Waals surface area contributed by atoms with Crippen LogP contribution in [-0.2, 0) is 24.1 Å². The average molecular weight is 639 g/mol. The summed E-state index contributed by atoms with van der Waals surface area (Å²) in [5, 5.41) is 0. The number of ether oxygens (including phenoxy) is 3. The highest BCUT2D eigenvalue weighted by Gasteiger charge is 2.06. The fourth-order valence-electron chi connectivity index (χ4n) is 5.49. The third-order valence-electron chi connectivity index (χ3n) is 8.11. The van der Waals surface area contributed by atoms with Gasteiger partial charge in [0.05, 0.1) is 13.2 Å². The number of carbonyl (C=O) groups excluding carboxylic acids is 1. The van der Waals surface area contributed by atoms with Crippen LogP contribution in [0.2, 0.25) is 0 Å². The first-order valence-electron chi connectivity index (χ1n) is 17.2. The summed E-state index contributed by atoms with van der Waals surface area (Å²) >= 11 is 0. The van der Waals surface area contributed by atoms with Crippen LogP contribution >= 0.6 is 0 Å². The number of aryl methyl sites for hydroxylation is 3. The Labute approximate surface area is 286 Å². The van der Waals surface area contributed by atoms with Crippen LogP contribution in [0.15, 0.2) is 133 Å². The standard InChI is InChI=1S/C44H46O4/c45-44(24-14-23-38-19-8-3-9-20-38)48-41-29-27-39(28-30-41)25-26-40-33-42(46-31-12-10-21-36-15-4-1-5-16-36)35-43(34-40)47-32-13-11-22-37-17-6-2-7-18-37/h1-9,15-20,25-30,33-35H,10-14,21-24,31-32H2/b26-25+. The number of esters is 1. The van der Waals surface area contributed by atoms with Crippen molar-refractivity contribution in [1.82, 2.24) is 0 Å². The van der Waals surface area contributed by atoms with E-state index in [2.05, 4.69) is 91.0 Å². The minimum Gasteiger partial charge on any atom is -0.493 e. The van der Waals surface area contributed by atoms with Gasteiger partial charge in [0, 0.05) is 12.5 Å². The lowest BCUT2D eigenvalue weighted by Crippen LogP contribution is -2.08. The Balaban J connectivity index is 1.13. The lowest BCUT2D eigenvalue weighted by atomic mass is 10.1. The van der Waals surface area contributed by atoms with Crippen molar-refractivity contribution in [2.75, 3.05) is 13.2 Å². The van der Waals surface area contributed by atoms with E-state index in [1.807, 2.05) is 54.6 Å². The maximum atomic E-state index is 12.4. The molecule has 5 rings (SSSR count). The fraction of sp³-hybridized carbons (Fsp3) is 0.250. The molecule has 0 aliphatic carbocycles. The van der Waals surface area contributed by atoms with Crippen molar-refractivity contribution in [3.05, 3.63) is 161 Å². The fourth-order valence-corrected chi connectivity index (χ4v) is 5.49. The summed E-state index contributed by atoms with van der Waals surface area (Å²) in [6.45, 7) is 1.31. The average Bonchev–Trinajstić information content (AvgIpc) is 3.12. The van der Waals surface area contributed by atoms with Gasteiger partial charge in [0.2, 0.25) is 0 Å². The maximum Gasteiger partial charge on any atom is 0.311 e. The zero-order valence-electron chi connectivity index (χ0n) is 27.8. The van der Waals surface area contributed by atoms with Crippen LogP contribution in [0.25, 0.3) is 12.2 Å². The highest BCUT2D eigenvalue weighted by Crippen LogP contribution is 2.26. The molecular formula is C44H46O4. The molecule has 4 nitrogen and oxygen atoms in total. The summed E-state index contributed by atoms with van der Waals surface area (Å²) in [6, 6.07) is 45.1. The SMILES string of the molecule is O=C(CCCc1ccccc1)Oc1ccc(/C=C/c2cc(OCCCCc3ccccc3)cc(OCCCCc3ccccc3)c2)cc1. The zero-order valence-corrected chi connectivity index (χ0v) is 27.8. The number of carbonyl (C=O) groups is 1. The summed E-state index contributed by atoms with van der Waals surface area (Å²) in [4.78, 5) is 12.4. The van der Waals surface area contributed by atoms with Crippen molar-refractivity contribution in [2.24, 2.45) is 0 Å². The van der Waals surface area contributed by atoms with Crippen LogP contribution in [0.1, 0.15) is 66.3 Å². The van der Waals surface area contributed by atoms with Crippen molar-refractivity contribution < 1.29 is 19.0 Å². The van der Waals surface area contributed by atoms with E-state index < -0.39 is 0 Å². The van der Waals surface area contributed by atoms with E-state index in [-0.39, 0.29) is 5.97 Å². The lowest BCUT2D eigenvalue weighted by molar-refractivity contribution is -0.134. The molecule has 246 valence electrons. The van der Waals surface area contributed by atoms with Gasteiger partial charge < -0.3 is 14.2 Å². The molecule has 0 saturated carbocycles. The van der Waals surface area contributed by atoms with Crippen molar-refractivity contribution in [3.63, 3.8) is 0 Å². The quantitative estimate of drug-likeness (QED) is 0.0391. The van der Waals surface area contributed by atoms with E-state index in [0.29, 0.717) is 25.4 Å². The van der Waals surface area contributed by atoms with Crippen LogP contribution in [0.4, 0.5) is 0 Å². The Morgan fingerprint density at radius 3 is 1.42 bits per heavy atom. The van der Waals surface area contributed by atoms with E-state index in [0.717, 1.165) is 74.0 Å². The van der Waals surface area contributed by atoms with E-state index in [1.54, 1.807) is 0 Å². The first-order chi connectivity index (χ1) is 23.7. The molecule has 0 amide bonds. The molecule has 0 aromatic heterocycles. The van der Waals surface area contributed by atoms with Crippen LogP contribution in [0.5, 0.6) is 17.2 Å². The normalized spacial score (nSPS) is 11.0. The third-order valence-corrected chi connectivity index (χ3v) is 8.11. The Morgan fingerprint density at radius 2 is 0.917 bits per heavy atom. The smallest absolute Gasteiger partial charge is 0.311 e. The lowest BCUT2D eigenvalue weighted by Gasteiger charge is -2.12. The Kier molecular flexibility index (Phi) is 13.9. The minimum atomic E-state index is -0.210. The van der Waals surface area contributed by atoms with E-state index in [1.165, 1.54) is 16.7 Å². The van der Waals surface area contributed by atoms with Gasteiger partial charge in [-0.05, 0) is 103 Å². The van der Waals surface area contributed by atoms with E-state index in [4.69, 9.17) is 14.2 Å². The highest BCUT2D eigenvalue weighted by molar-refractivity contribution is 5.73. The van der Waals surface area contributed by atoms with Gasteiger partial charge in [-0.3, -0.25) is 4.79 Å².